The Morgan fingerprint density at radius 1 is 1.24 bits per heavy atom. The summed E-state index contributed by atoms with van der Waals surface area (Å²) in [7, 11) is 0. The highest BCUT2D eigenvalue weighted by Crippen LogP contribution is 2.24. The Labute approximate surface area is 105 Å². The van der Waals surface area contributed by atoms with Crippen LogP contribution in [0.3, 0.4) is 0 Å². The fourth-order valence-corrected chi connectivity index (χ4v) is 2.53. The van der Waals surface area contributed by atoms with Crippen LogP contribution in [0.5, 0.6) is 0 Å². The summed E-state index contributed by atoms with van der Waals surface area (Å²) < 4.78 is 0. The summed E-state index contributed by atoms with van der Waals surface area (Å²) >= 11 is 1.45. The van der Waals surface area contributed by atoms with Gasteiger partial charge in [0.15, 0.2) is 0 Å². The minimum absolute atomic E-state index is 0.367. The number of carbonyl (C=O) groups is 1. The van der Waals surface area contributed by atoms with Gasteiger partial charge in [-0.1, -0.05) is 42.5 Å². The van der Waals surface area contributed by atoms with E-state index in [1.54, 1.807) is 6.92 Å². The van der Waals surface area contributed by atoms with Crippen molar-refractivity contribution in [3.63, 3.8) is 0 Å². The molecule has 0 bridgehead atoms. The SMILES string of the molecule is CC(SCc1cccc2ccccc12)C(=O)O. The van der Waals surface area contributed by atoms with Crippen LogP contribution in [0.2, 0.25) is 0 Å². The van der Waals surface area contributed by atoms with E-state index in [0.29, 0.717) is 0 Å². The Morgan fingerprint density at radius 2 is 1.94 bits per heavy atom. The molecule has 2 nitrogen and oxygen atoms in total. The lowest BCUT2D eigenvalue weighted by molar-refractivity contribution is -0.136. The molecule has 3 heteroatoms. The summed E-state index contributed by atoms with van der Waals surface area (Å²) in [5, 5.41) is 10.9. The number of hydrogen-bond donors (Lipinski definition) is 1. The van der Waals surface area contributed by atoms with Crippen molar-refractivity contribution in [1.82, 2.24) is 0 Å². The molecule has 88 valence electrons. The molecule has 1 unspecified atom stereocenters. The van der Waals surface area contributed by atoms with Crippen molar-refractivity contribution < 1.29 is 9.90 Å². The Balaban J connectivity index is 2.21. The number of rotatable bonds is 4. The zero-order valence-electron chi connectivity index (χ0n) is 9.59. The monoisotopic (exact) mass is 246 g/mol. The van der Waals surface area contributed by atoms with E-state index in [1.807, 2.05) is 18.2 Å². The lowest BCUT2D eigenvalue weighted by Gasteiger charge is -2.08. The molecule has 0 fully saturated rings. The number of thioether (sulfide) groups is 1. The van der Waals surface area contributed by atoms with Gasteiger partial charge >= 0.3 is 5.97 Å². The first-order chi connectivity index (χ1) is 8.18. The van der Waals surface area contributed by atoms with Crippen molar-refractivity contribution in [2.24, 2.45) is 0 Å². The molecule has 1 N–H and O–H groups in total. The summed E-state index contributed by atoms with van der Waals surface area (Å²) in [5.74, 6) is -0.0234. The summed E-state index contributed by atoms with van der Waals surface area (Å²) in [4.78, 5) is 10.8. The molecular weight excluding hydrogens is 232 g/mol. The summed E-state index contributed by atoms with van der Waals surface area (Å²) in [5.41, 5.74) is 1.20. The molecule has 0 radical (unpaired) electrons. The van der Waals surface area contributed by atoms with Crippen LogP contribution in [0.25, 0.3) is 10.8 Å². The third-order valence-corrected chi connectivity index (χ3v) is 3.90. The number of benzene rings is 2. The van der Waals surface area contributed by atoms with Gasteiger partial charge in [-0.3, -0.25) is 4.79 Å². The Bertz CT molecular complexity index is 531. The van der Waals surface area contributed by atoms with E-state index in [9.17, 15) is 4.79 Å². The van der Waals surface area contributed by atoms with Crippen LogP contribution in [0, 0.1) is 0 Å². The van der Waals surface area contributed by atoms with Crippen LogP contribution < -0.4 is 0 Å². The Kier molecular flexibility index (Phi) is 3.69. The quantitative estimate of drug-likeness (QED) is 0.896. The molecule has 0 aromatic heterocycles. The molecule has 0 heterocycles. The first-order valence-electron chi connectivity index (χ1n) is 5.49. The van der Waals surface area contributed by atoms with E-state index in [1.165, 1.54) is 28.1 Å². The van der Waals surface area contributed by atoms with E-state index in [2.05, 4.69) is 24.3 Å². The van der Waals surface area contributed by atoms with Gasteiger partial charge in [-0.25, -0.2) is 0 Å². The van der Waals surface area contributed by atoms with Crippen molar-refractivity contribution in [2.45, 2.75) is 17.9 Å². The van der Waals surface area contributed by atoms with Crippen molar-refractivity contribution in [1.29, 1.82) is 0 Å². The molecule has 2 aromatic carbocycles. The zero-order chi connectivity index (χ0) is 12.3. The number of carboxylic acids is 1. The highest BCUT2D eigenvalue weighted by molar-refractivity contribution is 7.99. The van der Waals surface area contributed by atoms with E-state index in [-0.39, 0.29) is 5.25 Å². The van der Waals surface area contributed by atoms with Crippen molar-refractivity contribution in [2.75, 3.05) is 0 Å². The van der Waals surface area contributed by atoms with Crippen LogP contribution in [0.15, 0.2) is 42.5 Å². The van der Waals surface area contributed by atoms with Gasteiger partial charge in [0.1, 0.15) is 0 Å². The van der Waals surface area contributed by atoms with Gasteiger partial charge in [0, 0.05) is 5.75 Å². The second kappa shape index (κ2) is 5.23. The van der Waals surface area contributed by atoms with E-state index in [4.69, 9.17) is 5.11 Å². The Hall–Kier alpha value is -1.48. The lowest BCUT2D eigenvalue weighted by atomic mass is 10.1. The highest BCUT2D eigenvalue weighted by Gasteiger charge is 2.11. The van der Waals surface area contributed by atoms with Gasteiger partial charge in [-0.05, 0) is 23.3 Å². The molecule has 0 amide bonds. The minimum atomic E-state index is -0.754. The van der Waals surface area contributed by atoms with E-state index < -0.39 is 5.97 Å². The molecule has 0 aliphatic carbocycles. The smallest absolute Gasteiger partial charge is 0.316 e. The molecule has 0 saturated heterocycles. The first-order valence-corrected chi connectivity index (χ1v) is 6.54. The maximum absolute atomic E-state index is 10.8. The number of fused-ring (bicyclic) bond motifs is 1. The molecule has 17 heavy (non-hydrogen) atoms. The van der Waals surface area contributed by atoms with Gasteiger partial charge in [-0.15, -0.1) is 11.8 Å². The molecule has 1 atom stereocenters. The predicted octanol–water partition coefficient (Wildman–Crippen LogP) is 3.55. The van der Waals surface area contributed by atoms with Crippen molar-refractivity contribution in [3.05, 3.63) is 48.0 Å². The third-order valence-electron chi connectivity index (χ3n) is 2.72. The Morgan fingerprint density at radius 3 is 2.71 bits per heavy atom. The zero-order valence-corrected chi connectivity index (χ0v) is 10.4. The predicted molar refractivity (Wildman–Crippen MR) is 72.3 cm³/mol. The molecule has 0 spiro atoms. The molecule has 0 saturated carbocycles. The fraction of sp³-hybridized carbons (Fsp3) is 0.214. The lowest BCUT2D eigenvalue weighted by Crippen LogP contribution is -2.11. The number of carboxylic acid groups (broad SMARTS) is 1. The maximum atomic E-state index is 10.8. The molecule has 2 aromatic rings. The van der Waals surface area contributed by atoms with Crippen molar-refractivity contribution >= 4 is 28.5 Å². The standard InChI is InChI=1S/C14H14O2S/c1-10(14(15)16)17-9-12-7-4-6-11-5-2-3-8-13(11)12/h2-8,10H,9H2,1H3,(H,15,16). The molecule has 0 aliphatic heterocycles. The average Bonchev–Trinajstić information content (AvgIpc) is 2.35. The topological polar surface area (TPSA) is 37.3 Å². The second-order valence-corrected chi connectivity index (χ2v) is 5.26. The largest absolute Gasteiger partial charge is 0.480 e. The van der Waals surface area contributed by atoms with Gasteiger partial charge in [0.25, 0.3) is 0 Å². The molecule has 0 aliphatic rings. The molecular formula is C14H14O2S. The van der Waals surface area contributed by atoms with Gasteiger partial charge in [0.2, 0.25) is 0 Å². The van der Waals surface area contributed by atoms with E-state index >= 15 is 0 Å². The maximum Gasteiger partial charge on any atom is 0.316 e. The molecule has 2 rings (SSSR count). The van der Waals surface area contributed by atoms with Crippen LogP contribution in [0.1, 0.15) is 12.5 Å². The summed E-state index contributed by atoms with van der Waals surface area (Å²) in [6, 6.07) is 14.3. The first kappa shape index (κ1) is 12.0. The van der Waals surface area contributed by atoms with Crippen LogP contribution in [0.4, 0.5) is 0 Å². The second-order valence-electron chi connectivity index (χ2n) is 3.93. The third kappa shape index (κ3) is 2.80. The van der Waals surface area contributed by atoms with Crippen LogP contribution >= 0.6 is 11.8 Å². The normalized spacial score (nSPS) is 12.5. The van der Waals surface area contributed by atoms with Crippen LogP contribution in [-0.4, -0.2) is 16.3 Å². The van der Waals surface area contributed by atoms with Gasteiger partial charge in [0.05, 0.1) is 5.25 Å². The number of hydrogen-bond acceptors (Lipinski definition) is 2. The minimum Gasteiger partial charge on any atom is -0.480 e. The van der Waals surface area contributed by atoms with Crippen LogP contribution in [-0.2, 0) is 10.5 Å². The van der Waals surface area contributed by atoms with Gasteiger partial charge in [-0.2, -0.15) is 0 Å². The average molecular weight is 246 g/mol. The summed E-state index contributed by atoms with van der Waals surface area (Å²) in [6.07, 6.45) is 0. The van der Waals surface area contributed by atoms with Crippen molar-refractivity contribution in [3.8, 4) is 0 Å². The van der Waals surface area contributed by atoms with Gasteiger partial charge < -0.3 is 5.11 Å². The van der Waals surface area contributed by atoms with E-state index in [0.717, 1.165) is 5.75 Å². The summed E-state index contributed by atoms with van der Waals surface area (Å²) in [6.45, 7) is 1.72. The number of aliphatic carboxylic acids is 1. The highest BCUT2D eigenvalue weighted by atomic mass is 32.2. The fourth-order valence-electron chi connectivity index (χ4n) is 1.70.